The van der Waals surface area contributed by atoms with Crippen LogP contribution >= 0.6 is 11.6 Å². The SMILES string of the molecule is O=C(O)CC(Cl)Cc1ccccc1-c1ccccc1. The summed E-state index contributed by atoms with van der Waals surface area (Å²) in [6.07, 6.45) is 0.531. The van der Waals surface area contributed by atoms with Crippen molar-refractivity contribution in [2.45, 2.75) is 18.2 Å². The smallest absolute Gasteiger partial charge is 0.304 e. The highest BCUT2D eigenvalue weighted by molar-refractivity contribution is 6.21. The van der Waals surface area contributed by atoms with Gasteiger partial charge in [-0.25, -0.2) is 0 Å². The van der Waals surface area contributed by atoms with E-state index in [2.05, 4.69) is 0 Å². The molecule has 0 radical (unpaired) electrons. The molecule has 0 fully saturated rings. The van der Waals surface area contributed by atoms with E-state index in [-0.39, 0.29) is 11.8 Å². The van der Waals surface area contributed by atoms with Crippen molar-refractivity contribution in [3.05, 3.63) is 60.2 Å². The Morgan fingerprint density at radius 3 is 2.37 bits per heavy atom. The fourth-order valence-electron chi connectivity index (χ4n) is 2.10. The van der Waals surface area contributed by atoms with Crippen LogP contribution in [0, 0.1) is 0 Å². The third-order valence-corrected chi connectivity index (χ3v) is 3.25. The van der Waals surface area contributed by atoms with Gasteiger partial charge in [0, 0.05) is 5.38 Å². The van der Waals surface area contributed by atoms with E-state index in [1.54, 1.807) is 0 Å². The fraction of sp³-hybridized carbons (Fsp3) is 0.188. The number of alkyl halides is 1. The van der Waals surface area contributed by atoms with Crippen molar-refractivity contribution < 1.29 is 9.90 Å². The lowest BCUT2D eigenvalue weighted by Crippen LogP contribution is -2.10. The maximum absolute atomic E-state index is 10.7. The van der Waals surface area contributed by atoms with E-state index in [4.69, 9.17) is 16.7 Å². The second-order valence-electron chi connectivity index (χ2n) is 4.42. The van der Waals surface area contributed by atoms with Crippen LogP contribution < -0.4 is 0 Å². The monoisotopic (exact) mass is 274 g/mol. The number of rotatable bonds is 5. The molecule has 0 spiro atoms. The summed E-state index contributed by atoms with van der Waals surface area (Å²) >= 11 is 6.09. The zero-order valence-corrected chi connectivity index (χ0v) is 11.2. The fourth-order valence-corrected chi connectivity index (χ4v) is 2.40. The molecule has 19 heavy (non-hydrogen) atoms. The molecule has 2 nitrogen and oxygen atoms in total. The Labute approximate surface area is 117 Å². The summed E-state index contributed by atoms with van der Waals surface area (Å²) in [6.45, 7) is 0. The minimum absolute atomic E-state index is 0.0231. The van der Waals surface area contributed by atoms with Crippen LogP contribution in [0.25, 0.3) is 11.1 Å². The van der Waals surface area contributed by atoms with Crippen molar-refractivity contribution in [2.24, 2.45) is 0 Å². The van der Waals surface area contributed by atoms with Crippen molar-refractivity contribution in [2.75, 3.05) is 0 Å². The maximum atomic E-state index is 10.7. The number of aliphatic carboxylic acids is 1. The number of carbonyl (C=O) groups is 1. The Morgan fingerprint density at radius 2 is 1.68 bits per heavy atom. The first kappa shape index (κ1) is 13.6. The third kappa shape index (κ3) is 3.83. The van der Waals surface area contributed by atoms with Crippen LogP contribution in [-0.2, 0) is 11.2 Å². The molecule has 2 rings (SSSR count). The summed E-state index contributed by atoms with van der Waals surface area (Å²) in [4.78, 5) is 10.7. The quantitative estimate of drug-likeness (QED) is 0.838. The molecular weight excluding hydrogens is 260 g/mol. The number of benzene rings is 2. The lowest BCUT2D eigenvalue weighted by atomic mass is 9.96. The Kier molecular flexibility index (Phi) is 4.58. The highest BCUT2D eigenvalue weighted by Crippen LogP contribution is 2.25. The van der Waals surface area contributed by atoms with E-state index in [9.17, 15) is 4.79 Å². The summed E-state index contributed by atoms with van der Waals surface area (Å²) < 4.78 is 0. The number of hydrogen-bond donors (Lipinski definition) is 1. The minimum Gasteiger partial charge on any atom is -0.481 e. The molecule has 0 bridgehead atoms. The molecule has 1 N–H and O–H groups in total. The van der Waals surface area contributed by atoms with Crippen LogP contribution in [-0.4, -0.2) is 16.5 Å². The second kappa shape index (κ2) is 6.39. The summed E-state index contributed by atoms with van der Waals surface area (Å²) in [5, 5.41) is 8.38. The molecule has 2 aromatic carbocycles. The highest BCUT2D eigenvalue weighted by atomic mass is 35.5. The second-order valence-corrected chi connectivity index (χ2v) is 5.04. The standard InChI is InChI=1S/C16H15ClO2/c17-14(11-16(18)19)10-13-8-4-5-9-15(13)12-6-2-1-3-7-12/h1-9,14H,10-11H2,(H,18,19). The van der Waals surface area contributed by atoms with Gasteiger partial charge in [-0.1, -0.05) is 54.6 Å². The van der Waals surface area contributed by atoms with Crippen LogP contribution in [0.15, 0.2) is 54.6 Å². The van der Waals surface area contributed by atoms with Gasteiger partial charge in [0.05, 0.1) is 6.42 Å². The maximum Gasteiger partial charge on any atom is 0.304 e. The first-order valence-corrected chi connectivity index (χ1v) is 6.59. The molecule has 1 atom stereocenters. The molecule has 0 heterocycles. The van der Waals surface area contributed by atoms with E-state index in [1.165, 1.54) is 0 Å². The van der Waals surface area contributed by atoms with E-state index in [1.807, 2.05) is 54.6 Å². The summed E-state index contributed by atoms with van der Waals surface area (Å²) in [6, 6.07) is 18.0. The lowest BCUT2D eigenvalue weighted by Gasteiger charge is -2.12. The molecule has 0 aliphatic carbocycles. The van der Waals surface area contributed by atoms with Crippen molar-refractivity contribution in [1.29, 1.82) is 0 Å². The number of carboxylic acids is 1. The Balaban J connectivity index is 2.24. The summed E-state index contributed by atoms with van der Waals surface area (Å²) in [5.74, 6) is -0.864. The van der Waals surface area contributed by atoms with Gasteiger partial charge in [0.15, 0.2) is 0 Å². The van der Waals surface area contributed by atoms with Gasteiger partial charge in [-0.2, -0.15) is 0 Å². The van der Waals surface area contributed by atoms with E-state index in [0.717, 1.165) is 16.7 Å². The first-order chi connectivity index (χ1) is 9.16. The average Bonchev–Trinajstić information content (AvgIpc) is 2.39. The molecule has 0 saturated heterocycles. The van der Waals surface area contributed by atoms with Crippen LogP contribution in [0.5, 0.6) is 0 Å². The molecule has 2 aromatic rings. The minimum atomic E-state index is -0.864. The van der Waals surface area contributed by atoms with Gasteiger partial charge in [-0.15, -0.1) is 11.6 Å². The van der Waals surface area contributed by atoms with Crippen LogP contribution in [0.3, 0.4) is 0 Å². The van der Waals surface area contributed by atoms with Crippen LogP contribution in [0.4, 0.5) is 0 Å². The predicted octanol–water partition coefficient (Wildman–Crippen LogP) is 3.98. The normalized spacial score (nSPS) is 12.1. The lowest BCUT2D eigenvalue weighted by molar-refractivity contribution is -0.137. The molecule has 1 unspecified atom stereocenters. The highest BCUT2D eigenvalue weighted by Gasteiger charge is 2.13. The molecule has 3 heteroatoms. The number of halogens is 1. The van der Waals surface area contributed by atoms with Crippen molar-refractivity contribution in [1.82, 2.24) is 0 Å². The average molecular weight is 275 g/mol. The van der Waals surface area contributed by atoms with Gasteiger partial charge in [-0.05, 0) is 23.1 Å². The van der Waals surface area contributed by atoms with E-state index in [0.29, 0.717) is 6.42 Å². The van der Waals surface area contributed by atoms with Gasteiger partial charge < -0.3 is 5.11 Å². The Morgan fingerprint density at radius 1 is 1.05 bits per heavy atom. The van der Waals surface area contributed by atoms with Gasteiger partial charge in [0.1, 0.15) is 0 Å². The predicted molar refractivity (Wildman–Crippen MR) is 77.5 cm³/mol. The molecule has 0 aliphatic heterocycles. The topological polar surface area (TPSA) is 37.3 Å². The first-order valence-electron chi connectivity index (χ1n) is 6.16. The summed E-state index contributed by atoms with van der Waals surface area (Å²) in [7, 11) is 0. The van der Waals surface area contributed by atoms with Gasteiger partial charge >= 0.3 is 5.97 Å². The van der Waals surface area contributed by atoms with Crippen LogP contribution in [0.2, 0.25) is 0 Å². The molecule has 98 valence electrons. The number of carboxylic acid groups (broad SMARTS) is 1. The zero-order chi connectivity index (χ0) is 13.7. The molecule has 0 aliphatic rings. The van der Waals surface area contributed by atoms with Crippen molar-refractivity contribution in [3.63, 3.8) is 0 Å². The van der Waals surface area contributed by atoms with Gasteiger partial charge in [0.25, 0.3) is 0 Å². The summed E-state index contributed by atoms with van der Waals surface area (Å²) in [5.41, 5.74) is 3.31. The number of hydrogen-bond acceptors (Lipinski definition) is 1. The van der Waals surface area contributed by atoms with Gasteiger partial charge in [-0.3, -0.25) is 4.79 Å². The third-order valence-electron chi connectivity index (χ3n) is 2.94. The zero-order valence-electron chi connectivity index (χ0n) is 10.4. The van der Waals surface area contributed by atoms with E-state index < -0.39 is 5.97 Å². The molecule has 0 amide bonds. The van der Waals surface area contributed by atoms with Gasteiger partial charge in [0.2, 0.25) is 0 Å². The Bertz CT molecular complexity index is 552. The molecule has 0 aromatic heterocycles. The van der Waals surface area contributed by atoms with Crippen molar-refractivity contribution in [3.8, 4) is 11.1 Å². The van der Waals surface area contributed by atoms with Crippen molar-refractivity contribution >= 4 is 17.6 Å². The molecule has 0 saturated carbocycles. The van der Waals surface area contributed by atoms with E-state index >= 15 is 0 Å². The Hall–Kier alpha value is -1.80. The largest absolute Gasteiger partial charge is 0.481 e. The molecular formula is C16H15ClO2. The van der Waals surface area contributed by atoms with Crippen LogP contribution in [0.1, 0.15) is 12.0 Å².